The largest absolute Gasteiger partial charge is 0.399 e. The summed E-state index contributed by atoms with van der Waals surface area (Å²) >= 11 is 0. The molecule has 0 aliphatic heterocycles. The van der Waals surface area contributed by atoms with Gasteiger partial charge in [0.15, 0.2) is 0 Å². The lowest BCUT2D eigenvalue weighted by atomic mass is 10.1. The molecule has 0 bridgehead atoms. The molecule has 0 aliphatic rings. The number of hydrogen-bond donors (Lipinski definition) is 1. The number of rotatable bonds is 6. The van der Waals surface area contributed by atoms with Gasteiger partial charge in [-0.05, 0) is 31.0 Å². The number of amides is 1. The molecule has 0 heterocycles. The maximum Gasteiger partial charge on any atom is 0.222 e. The summed E-state index contributed by atoms with van der Waals surface area (Å²) in [5.41, 5.74) is 7.53. The Morgan fingerprint density at radius 2 is 2.22 bits per heavy atom. The average Bonchev–Trinajstić information content (AvgIpc) is 2.37. The maximum atomic E-state index is 12.0. The first-order valence-electron chi connectivity index (χ1n) is 6.16. The van der Waals surface area contributed by atoms with Gasteiger partial charge in [-0.15, -0.1) is 0 Å². The first-order valence-corrected chi connectivity index (χ1v) is 6.16. The molecule has 18 heavy (non-hydrogen) atoms. The van der Waals surface area contributed by atoms with Crippen LogP contribution < -0.4 is 5.73 Å². The van der Waals surface area contributed by atoms with Gasteiger partial charge in [0, 0.05) is 32.9 Å². The van der Waals surface area contributed by atoms with E-state index in [1.54, 1.807) is 12.0 Å². The molecule has 1 unspecified atom stereocenters. The molecule has 1 rings (SSSR count). The number of nitrogen functional groups attached to an aromatic ring is 1. The zero-order chi connectivity index (χ0) is 13.5. The van der Waals surface area contributed by atoms with Gasteiger partial charge in [0.25, 0.3) is 0 Å². The van der Waals surface area contributed by atoms with Crippen LogP contribution in [-0.2, 0) is 9.53 Å². The van der Waals surface area contributed by atoms with Crippen molar-refractivity contribution in [2.24, 2.45) is 0 Å². The molecular formula is C14H22N2O2. The van der Waals surface area contributed by atoms with Crippen LogP contribution in [0, 0.1) is 0 Å². The molecule has 1 atom stereocenters. The molecule has 100 valence electrons. The second-order valence-electron chi connectivity index (χ2n) is 4.45. The summed E-state index contributed by atoms with van der Waals surface area (Å²) < 4.78 is 4.95. The molecule has 1 aromatic carbocycles. The van der Waals surface area contributed by atoms with Crippen LogP contribution in [-0.4, -0.2) is 31.6 Å². The lowest BCUT2D eigenvalue weighted by Gasteiger charge is -2.25. The molecule has 4 heteroatoms. The van der Waals surface area contributed by atoms with Gasteiger partial charge in [-0.1, -0.05) is 12.1 Å². The average molecular weight is 250 g/mol. The summed E-state index contributed by atoms with van der Waals surface area (Å²) in [5, 5.41) is 0. The number of carbonyl (C=O) groups excluding carboxylic acids is 1. The quantitative estimate of drug-likeness (QED) is 0.622. The van der Waals surface area contributed by atoms with Crippen molar-refractivity contribution in [2.45, 2.75) is 25.8 Å². The Labute approximate surface area is 109 Å². The second-order valence-corrected chi connectivity index (χ2v) is 4.45. The number of benzene rings is 1. The Morgan fingerprint density at radius 1 is 1.50 bits per heavy atom. The smallest absolute Gasteiger partial charge is 0.222 e. The van der Waals surface area contributed by atoms with Crippen LogP contribution in [0.5, 0.6) is 0 Å². The van der Waals surface area contributed by atoms with Crippen molar-refractivity contribution in [2.75, 3.05) is 26.5 Å². The SMILES string of the molecule is COCCCC(=O)N(C)C(C)c1cccc(N)c1. The van der Waals surface area contributed by atoms with E-state index in [0.29, 0.717) is 13.0 Å². The summed E-state index contributed by atoms with van der Waals surface area (Å²) in [5.74, 6) is 0.127. The molecule has 0 saturated heterocycles. The van der Waals surface area contributed by atoms with Gasteiger partial charge in [0.05, 0.1) is 6.04 Å². The van der Waals surface area contributed by atoms with Crippen LogP contribution in [0.15, 0.2) is 24.3 Å². The Hall–Kier alpha value is -1.55. The molecule has 0 spiro atoms. The van der Waals surface area contributed by atoms with Crippen LogP contribution in [0.2, 0.25) is 0 Å². The molecule has 0 aromatic heterocycles. The van der Waals surface area contributed by atoms with Crippen LogP contribution >= 0.6 is 0 Å². The van der Waals surface area contributed by atoms with Gasteiger partial charge in [0.2, 0.25) is 5.91 Å². The number of anilines is 1. The van der Waals surface area contributed by atoms with E-state index in [-0.39, 0.29) is 11.9 Å². The van der Waals surface area contributed by atoms with Gasteiger partial charge in [-0.3, -0.25) is 4.79 Å². The van der Waals surface area contributed by atoms with Gasteiger partial charge in [0.1, 0.15) is 0 Å². The van der Waals surface area contributed by atoms with Crippen LogP contribution in [0.1, 0.15) is 31.4 Å². The van der Waals surface area contributed by atoms with Crippen LogP contribution in [0.3, 0.4) is 0 Å². The molecule has 0 aliphatic carbocycles. The first-order chi connectivity index (χ1) is 8.56. The molecule has 1 aromatic rings. The van der Waals surface area contributed by atoms with E-state index in [4.69, 9.17) is 10.5 Å². The molecular weight excluding hydrogens is 228 g/mol. The minimum atomic E-state index is 0.0311. The van der Waals surface area contributed by atoms with Crippen molar-refractivity contribution in [3.63, 3.8) is 0 Å². The third-order valence-corrected chi connectivity index (χ3v) is 3.11. The number of methoxy groups -OCH3 is 1. The summed E-state index contributed by atoms with van der Waals surface area (Å²) in [4.78, 5) is 13.7. The summed E-state index contributed by atoms with van der Waals surface area (Å²) in [6.07, 6.45) is 1.26. The van der Waals surface area contributed by atoms with Gasteiger partial charge in [-0.25, -0.2) is 0 Å². The van der Waals surface area contributed by atoms with E-state index < -0.39 is 0 Å². The molecule has 0 saturated carbocycles. The van der Waals surface area contributed by atoms with Crippen molar-refractivity contribution < 1.29 is 9.53 Å². The standard InChI is InChI=1S/C14H22N2O2/c1-11(12-6-4-7-13(15)10-12)16(2)14(17)8-5-9-18-3/h4,6-7,10-11H,5,8-9,15H2,1-3H3. The molecule has 1 amide bonds. The summed E-state index contributed by atoms with van der Waals surface area (Å²) in [6, 6.07) is 7.67. The van der Waals surface area contributed by atoms with E-state index in [9.17, 15) is 4.79 Å². The van der Waals surface area contributed by atoms with E-state index in [1.165, 1.54) is 0 Å². The number of carbonyl (C=O) groups is 1. The minimum absolute atomic E-state index is 0.0311. The van der Waals surface area contributed by atoms with Crippen molar-refractivity contribution >= 4 is 11.6 Å². The third-order valence-electron chi connectivity index (χ3n) is 3.11. The third kappa shape index (κ3) is 4.04. The Morgan fingerprint density at radius 3 is 2.83 bits per heavy atom. The maximum absolute atomic E-state index is 12.0. The topological polar surface area (TPSA) is 55.6 Å². The number of nitrogens with zero attached hydrogens (tertiary/aromatic N) is 1. The van der Waals surface area contributed by atoms with E-state index in [2.05, 4.69) is 0 Å². The fourth-order valence-electron chi connectivity index (χ4n) is 1.80. The molecule has 4 nitrogen and oxygen atoms in total. The Kier molecular flexibility index (Phi) is 5.65. The lowest BCUT2D eigenvalue weighted by Crippen LogP contribution is -2.29. The predicted octanol–water partition coefficient (Wildman–Crippen LogP) is 2.21. The zero-order valence-corrected chi connectivity index (χ0v) is 11.3. The van der Waals surface area contributed by atoms with Gasteiger partial charge in [-0.2, -0.15) is 0 Å². The summed E-state index contributed by atoms with van der Waals surface area (Å²) in [6.45, 7) is 2.62. The molecule has 0 fully saturated rings. The van der Waals surface area contributed by atoms with Crippen molar-refractivity contribution in [3.8, 4) is 0 Å². The minimum Gasteiger partial charge on any atom is -0.399 e. The van der Waals surface area contributed by atoms with Crippen LogP contribution in [0.4, 0.5) is 5.69 Å². The lowest BCUT2D eigenvalue weighted by molar-refractivity contribution is -0.132. The highest BCUT2D eigenvalue weighted by molar-refractivity contribution is 5.76. The van der Waals surface area contributed by atoms with Gasteiger partial charge < -0.3 is 15.4 Å². The fraction of sp³-hybridized carbons (Fsp3) is 0.500. The first kappa shape index (κ1) is 14.5. The predicted molar refractivity (Wildman–Crippen MR) is 73.1 cm³/mol. The normalized spacial score (nSPS) is 12.2. The monoisotopic (exact) mass is 250 g/mol. The summed E-state index contributed by atoms with van der Waals surface area (Å²) in [7, 11) is 3.46. The number of ether oxygens (including phenoxy) is 1. The highest BCUT2D eigenvalue weighted by atomic mass is 16.5. The van der Waals surface area contributed by atoms with E-state index >= 15 is 0 Å². The highest BCUT2D eigenvalue weighted by Crippen LogP contribution is 2.21. The molecule has 2 N–H and O–H groups in total. The number of hydrogen-bond acceptors (Lipinski definition) is 3. The van der Waals surface area contributed by atoms with E-state index in [0.717, 1.165) is 17.7 Å². The van der Waals surface area contributed by atoms with E-state index in [1.807, 2.05) is 38.2 Å². The van der Waals surface area contributed by atoms with Crippen LogP contribution in [0.25, 0.3) is 0 Å². The zero-order valence-electron chi connectivity index (χ0n) is 11.3. The Balaban J connectivity index is 2.60. The second kappa shape index (κ2) is 7.01. The van der Waals surface area contributed by atoms with Crippen molar-refractivity contribution in [3.05, 3.63) is 29.8 Å². The van der Waals surface area contributed by atoms with Crippen molar-refractivity contribution in [1.82, 2.24) is 4.90 Å². The Bertz CT molecular complexity index is 393. The van der Waals surface area contributed by atoms with Gasteiger partial charge >= 0.3 is 0 Å². The number of nitrogens with two attached hydrogens (primary N) is 1. The van der Waals surface area contributed by atoms with Crippen molar-refractivity contribution in [1.29, 1.82) is 0 Å². The molecule has 0 radical (unpaired) electrons. The fourth-order valence-corrected chi connectivity index (χ4v) is 1.80. The highest BCUT2D eigenvalue weighted by Gasteiger charge is 2.16.